The van der Waals surface area contributed by atoms with E-state index in [0.717, 1.165) is 17.5 Å². The van der Waals surface area contributed by atoms with Crippen LogP contribution < -0.4 is 4.74 Å². The van der Waals surface area contributed by atoms with E-state index in [-0.39, 0.29) is 11.3 Å². The van der Waals surface area contributed by atoms with E-state index < -0.39 is 17.7 Å². The largest absolute Gasteiger partial charge is 0.507 e. The van der Waals surface area contributed by atoms with Gasteiger partial charge in [0.25, 0.3) is 11.7 Å². The number of hydrogen-bond acceptors (Lipinski definition) is 5. The van der Waals surface area contributed by atoms with Crippen LogP contribution in [0.5, 0.6) is 5.75 Å². The first-order chi connectivity index (χ1) is 15.0. The van der Waals surface area contributed by atoms with Crippen LogP contribution in [0.1, 0.15) is 43.0 Å². The lowest BCUT2D eigenvalue weighted by atomic mass is 9.94. The second kappa shape index (κ2) is 10.3. The van der Waals surface area contributed by atoms with Crippen LogP contribution in [-0.4, -0.2) is 48.6 Å². The van der Waals surface area contributed by atoms with Gasteiger partial charge < -0.3 is 19.5 Å². The number of ether oxygens (including phenoxy) is 2. The number of aliphatic hydroxyl groups excluding tert-OH is 1. The number of rotatable bonds is 9. The van der Waals surface area contributed by atoms with Gasteiger partial charge in [-0.1, -0.05) is 43.3 Å². The standard InChI is InChI=1S/C25H29NO5/c1-4-17-10-12-18(13-11-17)22-21(24(28)25(29)26(22)14-7-15-30-3)23(27)19-8-6-9-20(16-19)31-5-2/h6,8-13,16,22,27H,4-5,7,14-15H2,1-3H3. The Morgan fingerprint density at radius 2 is 1.84 bits per heavy atom. The minimum absolute atomic E-state index is 0.0975. The van der Waals surface area contributed by atoms with Crippen molar-refractivity contribution in [3.8, 4) is 5.75 Å². The third kappa shape index (κ3) is 4.80. The minimum Gasteiger partial charge on any atom is -0.507 e. The molecule has 164 valence electrons. The summed E-state index contributed by atoms with van der Waals surface area (Å²) in [7, 11) is 1.60. The zero-order chi connectivity index (χ0) is 22.4. The van der Waals surface area contributed by atoms with Crippen LogP contribution in [0.3, 0.4) is 0 Å². The molecule has 1 amide bonds. The lowest BCUT2D eigenvalue weighted by Gasteiger charge is -2.25. The highest BCUT2D eigenvalue weighted by Crippen LogP contribution is 2.39. The summed E-state index contributed by atoms with van der Waals surface area (Å²) in [5, 5.41) is 11.1. The van der Waals surface area contributed by atoms with E-state index in [0.29, 0.717) is 37.5 Å². The van der Waals surface area contributed by atoms with Gasteiger partial charge in [0, 0.05) is 25.8 Å². The number of nitrogens with zero attached hydrogens (tertiary/aromatic N) is 1. The van der Waals surface area contributed by atoms with Crippen LogP contribution in [0.15, 0.2) is 54.1 Å². The van der Waals surface area contributed by atoms with Crippen LogP contribution in [0, 0.1) is 0 Å². The normalized spacial score (nSPS) is 17.9. The molecule has 1 aliphatic rings. The quantitative estimate of drug-likeness (QED) is 0.284. The van der Waals surface area contributed by atoms with E-state index in [1.165, 1.54) is 4.90 Å². The molecular weight excluding hydrogens is 394 g/mol. The molecule has 1 aliphatic heterocycles. The van der Waals surface area contributed by atoms with E-state index in [1.807, 2.05) is 31.2 Å². The van der Waals surface area contributed by atoms with Crippen molar-refractivity contribution in [2.75, 3.05) is 26.9 Å². The van der Waals surface area contributed by atoms with Gasteiger partial charge in [-0.15, -0.1) is 0 Å². The zero-order valence-electron chi connectivity index (χ0n) is 18.3. The van der Waals surface area contributed by atoms with E-state index in [4.69, 9.17) is 9.47 Å². The average Bonchev–Trinajstić information content (AvgIpc) is 3.04. The minimum atomic E-state index is -0.679. The number of aliphatic hydroxyl groups is 1. The first-order valence-electron chi connectivity index (χ1n) is 10.6. The van der Waals surface area contributed by atoms with Gasteiger partial charge in [-0.2, -0.15) is 0 Å². The molecule has 0 aromatic heterocycles. The molecule has 1 N–H and O–H groups in total. The number of benzene rings is 2. The zero-order valence-corrected chi connectivity index (χ0v) is 18.3. The van der Waals surface area contributed by atoms with E-state index in [2.05, 4.69) is 6.92 Å². The summed E-state index contributed by atoms with van der Waals surface area (Å²) in [5.41, 5.74) is 2.48. The first kappa shape index (κ1) is 22.6. The summed E-state index contributed by atoms with van der Waals surface area (Å²) in [4.78, 5) is 27.4. The summed E-state index contributed by atoms with van der Waals surface area (Å²) in [6.45, 7) is 5.25. The van der Waals surface area contributed by atoms with Crippen molar-refractivity contribution >= 4 is 17.4 Å². The molecule has 0 bridgehead atoms. The summed E-state index contributed by atoms with van der Waals surface area (Å²) < 4.78 is 10.6. The third-order valence-electron chi connectivity index (χ3n) is 5.41. The lowest BCUT2D eigenvalue weighted by Crippen LogP contribution is -2.31. The number of carbonyl (C=O) groups is 2. The number of methoxy groups -OCH3 is 1. The van der Waals surface area contributed by atoms with Gasteiger partial charge in [0.1, 0.15) is 11.5 Å². The molecule has 31 heavy (non-hydrogen) atoms. The van der Waals surface area contributed by atoms with Gasteiger partial charge in [0.2, 0.25) is 0 Å². The molecule has 1 unspecified atom stereocenters. The van der Waals surface area contributed by atoms with Crippen molar-refractivity contribution < 1.29 is 24.2 Å². The molecule has 3 rings (SSSR count). The summed E-state index contributed by atoms with van der Waals surface area (Å²) in [5.74, 6) is -0.895. The maximum Gasteiger partial charge on any atom is 0.295 e. The van der Waals surface area contributed by atoms with Gasteiger partial charge in [-0.05, 0) is 43.0 Å². The second-order valence-corrected chi connectivity index (χ2v) is 7.39. The topological polar surface area (TPSA) is 76.1 Å². The van der Waals surface area contributed by atoms with Crippen LogP contribution in [0.2, 0.25) is 0 Å². The Morgan fingerprint density at radius 1 is 1.10 bits per heavy atom. The Balaban J connectivity index is 2.10. The summed E-state index contributed by atoms with van der Waals surface area (Å²) in [6, 6.07) is 14.1. The van der Waals surface area contributed by atoms with E-state index in [9.17, 15) is 14.7 Å². The fourth-order valence-electron chi connectivity index (χ4n) is 3.83. The highest BCUT2D eigenvalue weighted by molar-refractivity contribution is 6.46. The molecule has 1 atom stereocenters. The molecule has 0 radical (unpaired) electrons. The van der Waals surface area contributed by atoms with Crippen molar-refractivity contribution in [1.82, 2.24) is 4.90 Å². The number of aryl methyl sites for hydroxylation is 1. The Kier molecular flexibility index (Phi) is 7.47. The van der Waals surface area contributed by atoms with Crippen molar-refractivity contribution in [2.24, 2.45) is 0 Å². The van der Waals surface area contributed by atoms with Crippen LogP contribution in [0.4, 0.5) is 0 Å². The van der Waals surface area contributed by atoms with Gasteiger partial charge in [-0.25, -0.2) is 0 Å². The predicted molar refractivity (Wildman–Crippen MR) is 119 cm³/mol. The number of hydrogen-bond donors (Lipinski definition) is 1. The molecule has 0 spiro atoms. The molecule has 6 heteroatoms. The molecule has 0 saturated carbocycles. The Bertz CT molecular complexity index is 964. The molecule has 1 fully saturated rings. The number of likely N-dealkylation sites (tertiary alicyclic amines) is 1. The van der Waals surface area contributed by atoms with Crippen molar-refractivity contribution in [3.63, 3.8) is 0 Å². The van der Waals surface area contributed by atoms with Gasteiger partial charge >= 0.3 is 0 Å². The predicted octanol–water partition coefficient (Wildman–Crippen LogP) is 4.11. The van der Waals surface area contributed by atoms with E-state index in [1.54, 1.807) is 31.4 Å². The number of Topliss-reactive ketones (excluding diaryl/α,β-unsaturated/α-hetero) is 1. The Labute approximate surface area is 183 Å². The molecule has 1 heterocycles. The second-order valence-electron chi connectivity index (χ2n) is 7.39. The number of amides is 1. The van der Waals surface area contributed by atoms with Crippen LogP contribution in [0.25, 0.3) is 5.76 Å². The Morgan fingerprint density at radius 3 is 2.48 bits per heavy atom. The molecule has 1 saturated heterocycles. The monoisotopic (exact) mass is 423 g/mol. The lowest BCUT2D eigenvalue weighted by molar-refractivity contribution is -0.140. The smallest absolute Gasteiger partial charge is 0.295 e. The van der Waals surface area contributed by atoms with E-state index >= 15 is 0 Å². The van der Waals surface area contributed by atoms with Crippen LogP contribution in [-0.2, 0) is 20.7 Å². The molecule has 6 nitrogen and oxygen atoms in total. The molecule has 2 aromatic carbocycles. The molecule has 2 aromatic rings. The molecular formula is C25H29NO5. The van der Waals surface area contributed by atoms with Gasteiger partial charge in [0.05, 0.1) is 18.2 Å². The van der Waals surface area contributed by atoms with Crippen molar-refractivity contribution in [2.45, 2.75) is 32.7 Å². The average molecular weight is 424 g/mol. The maximum absolute atomic E-state index is 13.0. The summed E-state index contributed by atoms with van der Waals surface area (Å²) >= 11 is 0. The fraction of sp³-hybridized carbons (Fsp3) is 0.360. The Hall–Kier alpha value is -3.12. The SMILES string of the molecule is CCOc1cccc(C(O)=C2C(=O)C(=O)N(CCCOC)C2c2ccc(CC)cc2)c1. The van der Waals surface area contributed by atoms with Gasteiger partial charge in [-0.3, -0.25) is 9.59 Å². The first-order valence-corrected chi connectivity index (χ1v) is 10.6. The number of carbonyl (C=O) groups excluding carboxylic acids is 2. The maximum atomic E-state index is 13.0. The highest BCUT2D eigenvalue weighted by atomic mass is 16.5. The van der Waals surface area contributed by atoms with Crippen molar-refractivity contribution in [1.29, 1.82) is 0 Å². The van der Waals surface area contributed by atoms with Crippen LogP contribution >= 0.6 is 0 Å². The molecule has 0 aliphatic carbocycles. The van der Waals surface area contributed by atoms with Crippen molar-refractivity contribution in [3.05, 3.63) is 70.8 Å². The fourth-order valence-corrected chi connectivity index (χ4v) is 3.83. The third-order valence-corrected chi connectivity index (χ3v) is 5.41. The highest BCUT2D eigenvalue weighted by Gasteiger charge is 2.45. The summed E-state index contributed by atoms with van der Waals surface area (Å²) in [6.07, 6.45) is 1.48. The number of ketones is 1. The van der Waals surface area contributed by atoms with Gasteiger partial charge in [0.15, 0.2) is 0 Å².